The first-order valence-corrected chi connectivity index (χ1v) is 12.9. The minimum Gasteiger partial charge on any atom is -0.356 e. The van der Waals surface area contributed by atoms with E-state index < -0.39 is 10.0 Å². The second-order valence-corrected chi connectivity index (χ2v) is 10.8. The smallest absolute Gasteiger partial charge is 0.215 e. The zero-order valence-electron chi connectivity index (χ0n) is 16.7. The molecule has 1 aromatic carbocycles. The highest BCUT2D eigenvalue weighted by atomic mass is 32.2. The van der Waals surface area contributed by atoms with Crippen LogP contribution in [-0.4, -0.2) is 69.2 Å². The van der Waals surface area contributed by atoms with E-state index in [1.807, 2.05) is 11.8 Å². The van der Waals surface area contributed by atoms with Crippen molar-refractivity contribution in [3.63, 3.8) is 0 Å². The minimum absolute atomic E-state index is 0.0994. The molecule has 1 aliphatic carbocycles. The number of guanidine groups is 1. The highest BCUT2D eigenvalue weighted by Crippen LogP contribution is 2.40. The van der Waals surface area contributed by atoms with Gasteiger partial charge in [0.25, 0.3) is 0 Å². The molecule has 1 aliphatic heterocycles. The lowest BCUT2D eigenvalue weighted by molar-refractivity contribution is 0.431. The molecule has 0 aromatic heterocycles. The van der Waals surface area contributed by atoms with Crippen LogP contribution in [0.15, 0.2) is 35.3 Å². The zero-order valence-corrected chi connectivity index (χ0v) is 18.3. The summed E-state index contributed by atoms with van der Waals surface area (Å²) in [6.07, 6.45) is 4.83. The maximum atomic E-state index is 12.5. The number of nitrogens with one attached hydrogen (secondary N) is 2. The molecule has 0 amide bonds. The van der Waals surface area contributed by atoms with Gasteiger partial charge < -0.3 is 10.6 Å². The van der Waals surface area contributed by atoms with Crippen LogP contribution >= 0.6 is 11.8 Å². The first-order chi connectivity index (χ1) is 13.6. The van der Waals surface area contributed by atoms with Gasteiger partial charge in [-0.2, -0.15) is 11.8 Å². The Labute approximate surface area is 173 Å². The molecule has 156 valence electrons. The molecule has 0 atom stereocenters. The number of rotatable bonds is 7. The summed E-state index contributed by atoms with van der Waals surface area (Å²) in [5.74, 6) is 2.54. The Hall–Kier alpha value is -1.25. The average molecular weight is 425 g/mol. The second kappa shape index (κ2) is 9.98. The normalized spacial score (nSPS) is 20.8. The largest absolute Gasteiger partial charge is 0.356 e. The molecule has 2 aliphatic rings. The number of nitrogens with zero attached hydrogens (tertiary/aromatic N) is 2. The number of thioether (sulfide) groups is 1. The van der Waals surface area contributed by atoms with Gasteiger partial charge in [-0.1, -0.05) is 43.2 Å². The molecule has 1 saturated heterocycles. The van der Waals surface area contributed by atoms with Crippen molar-refractivity contribution < 1.29 is 8.42 Å². The lowest BCUT2D eigenvalue weighted by atomic mass is 9.79. The van der Waals surface area contributed by atoms with Gasteiger partial charge in [0.15, 0.2) is 5.96 Å². The van der Waals surface area contributed by atoms with E-state index in [4.69, 9.17) is 0 Å². The molecule has 0 bridgehead atoms. The van der Waals surface area contributed by atoms with E-state index in [1.54, 1.807) is 11.4 Å². The summed E-state index contributed by atoms with van der Waals surface area (Å²) in [6.45, 7) is 2.43. The van der Waals surface area contributed by atoms with Crippen LogP contribution in [0.3, 0.4) is 0 Å². The molecular weight excluding hydrogens is 392 g/mol. The summed E-state index contributed by atoms with van der Waals surface area (Å²) < 4.78 is 26.6. The van der Waals surface area contributed by atoms with Crippen LogP contribution in [0.1, 0.15) is 31.2 Å². The summed E-state index contributed by atoms with van der Waals surface area (Å²) in [6, 6.07) is 10.7. The molecule has 6 nitrogen and oxygen atoms in total. The second-order valence-electron chi connectivity index (χ2n) is 7.53. The number of benzene rings is 1. The number of hydrogen-bond acceptors (Lipinski definition) is 4. The van der Waals surface area contributed by atoms with Gasteiger partial charge in [0.2, 0.25) is 10.0 Å². The van der Waals surface area contributed by atoms with Gasteiger partial charge in [0, 0.05) is 50.1 Å². The van der Waals surface area contributed by atoms with Crippen molar-refractivity contribution in [1.82, 2.24) is 14.9 Å². The summed E-state index contributed by atoms with van der Waals surface area (Å²) in [7, 11) is -1.47. The van der Waals surface area contributed by atoms with Gasteiger partial charge >= 0.3 is 0 Å². The Morgan fingerprint density at radius 2 is 1.82 bits per heavy atom. The standard InChI is InChI=1S/C20H32N4O2S2/c1-21-19(22-11-16-28(25,26)24-12-14-27-15-13-24)23-17-20(9-5-6-10-20)18-7-3-2-4-8-18/h2-4,7-8H,5-6,9-17H2,1H3,(H2,21,22,23). The van der Waals surface area contributed by atoms with Gasteiger partial charge in [-0.15, -0.1) is 0 Å². The third-order valence-corrected chi connectivity index (χ3v) is 8.60. The molecule has 3 rings (SSSR count). The predicted molar refractivity (Wildman–Crippen MR) is 119 cm³/mol. The average Bonchev–Trinajstić information content (AvgIpc) is 3.22. The number of aliphatic imine (C=N–C) groups is 1. The predicted octanol–water partition coefficient (Wildman–Crippen LogP) is 2.04. The fourth-order valence-corrected chi connectivity index (χ4v) is 6.63. The van der Waals surface area contributed by atoms with Gasteiger partial charge in [-0.05, 0) is 18.4 Å². The monoisotopic (exact) mass is 424 g/mol. The first kappa shape index (κ1) is 21.5. The van der Waals surface area contributed by atoms with E-state index in [0.29, 0.717) is 25.6 Å². The molecule has 2 N–H and O–H groups in total. The van der Waals surface area contributed by atoms with E-state index in [2.05, 4.69) is 46.0 Å². The van der Waals surface area contributed by atoms with Crippen molar-refractivity contribution >= 4 is 27.7 Å². The Morgan fingerprint density at radius 3 is 2.46 bits per heavy atom. The molecule has 0 unspecified atom stereocenters. The first-order valence-electron chi connectivity index (χ1n) is 10.1. The fraction of sp³-hybridized carbons (Fsp3) is 0.650. The Kier molecular flexibility index (Phi) is 7.65. The van der Waals surface area contributed by atoms with Crippen LogP contribution in [0.2, 0.25) is 0 Å². The number of hydrogen-bond donors (Lipinski definition) is 2. The molecule has 0 radical (unpaired) electrons. The molecule has 1 aromatic rings. The van der Waals surface area contributed by atoms with Crippen molar-refractivity contribution in [2.45, 2.75) is 31.1 Å². The van der Waals surface area contributed by atoms with E-state index >= 15 is 0 Å². The van der Waals surface area contributed by atoms with E-state index in [-0.39, 0.29) is 11.2 Å². The third-order valence-electron chi connectivity index (χ3n) is 5.78. The fourth-order valence-electron chi connectivity index (χ4n) is 4.14. The molecule has 2 fully saturated rings. The third kappa shape index (κ3) is 5.42. The van der Waals surface area contributed by atoms with Gasteiger partial charge in [0.05, 0.1) is 5.75 Å². The lowest BCUT2D eigenvalue weighted by Crippen LogP contribution is -2.47. The lowest BCUT2D eigenvalue weighted by Gasteiger charge is -2.31. The zero-order chi connectivity index (χ0) is 19.9. The van der Waals surface area contributed by atoms with E-state index in [9.17, 15) is 8.42 Å². The molecule has 28 heavy (non-hydrogen) atoms. The quantitative estimate of drug-likeness (QED) is 0.518. The van der Waals surface area contributed by atoms with Gasteiger partial charge in [0.1, 0.15) is 0 Å². The van der Waals surface area contributed by atoms with Crippen molar-refractivity contribution in [2.75, 3.05) is 50.5 Å². The Balaban J connectivity index is 1.51. The van der Waals surface area contributed by atoms with Crippen molar-refractivity contribution in [3.05, 3.63) is 35.9 Å². The van der Waals surface area contributed by atoms with Crippen molar-refractivity contribution in [3.8, 4) is 0 Å². The minimum atomic E-state index is -3.20. The van der Waals surface area contributed by atoms with Crippen LogP contribution in [0, 0.1) is 0 Å². The van der Waals surface area contributed by atoms with E-state index in [1.165, 1.54) is 31.2 Å². The molecule has 1 saturated carbocycles. The highest BCUT2D eigenvalue weighted by Gasteiger charge is 2.35. The Bertz CT molecular complexity index is 741. The van der Waals surface area contributed by atoms with Crippen LogP contribution in [0.5, 0.6) is 0 Å². The van der Waals surface area contributed by atoms with Gasteiger partial charge in [-0.3, -0.25) is 4.99 Å². The maximum absolute atomic E-state index is 12.5. The van der Waals surface area contributed by atoms with Crippen LogP contribution in [0.4, 0.5) is 0 Å². The van der Waals surface area contributed by atoms with Crippen molar-refractivity contribution in [1.29, 1.82) is 0 Å². The molecule has 1 heterocycles. The van der Waals surface area contributed by atoms with Crippen molar-refractivity contribution in [2.24, 2.45) is 4.99 Å². The summed E-state index contributed by atoms with van der Waals surface area (Å²) in [5, 5.41) is 6.63. The maximum Gasteiger partial charge on any atom is 0.215 e. The van der Waals surface area contributed by atoms with Crippen LogP contribution in [0.25, 0.3) is 0 Å². The molecule has 8 heteroatoms. The van der Waals surface area contributed by atoms with Crippen LogP contribution < -0.4 is 10.6 Å². The summed E-state index contributed by atoms with van der Waals surface area (Å²) in [5.41, 5.74) is 1.51. The summed E-state index contributed by atoms with van der Waals surface area (Å²) in [4.78, 5) is 4.29. The molecule has 0 spiro atoms. The molecular formula is C20H32N4O2S2. The van der Waals surface area contributed by atoms with E-state index in [0.717, 1.165) is 18.1 Å². The Morgan fingerprint density at radius 1 is 1.14 bits per heavy atom. The highest BCUT2D eigenvalue weighted by molar-refractivity contribution is 7.99. The van der Waals surface area contributed by atoms with Gasteiger partial charge in [-0.25, -0.2) is 12.7 Å². The van der Waals surface area contributed by atoms with Crippen LogP contribution in [-0.2, 0) is 15.4 Å². The number of sulfonamides is 1. The summed E-state index contributed by atoms with van der Waals surface area (Å²) >= 11 is 1.81. The SMILES string of the molecule is CN=C(NCCS(=O)(=O)N1CCSCC1)NCC1(c2ccccc2)CCCC1. The topological polar surface area (TPSA) is 73.8 Å².